The van der Waals surface area contributed by atoms with Crippen LogP contribution in [0.2, 0.25) is 0 Å². The number of phenolic OH excluding ortho intramolecular Hbond substituents is 1. The lowest BCUT2D eigenvalue weighted by Gasteiger charge is -2.26. The summed E-state index contributed by atoms with van der Waals surface area (Å²) in [4.78, 5) is 12.0. The molecule has 0 aliphatic carbocycles. The van der Waals surface area contributed by atoms with Gasteiger partial charge in [0.2, 0.25) is 0 Å². The zero-order chi connectivity index (χ0) is 13.9. The van der Waals surface area contributed by atoms with E-state index in [1.807, 2.05) is 45.2 Å². The Morgan fingerprint density at radius 3 is 2.39 bits per heavy atom. The fourth-order valence-corrected chi connectivity index (χ4v) is 3.05. The number of rotatable bonds is 4. The topological polar surface area (TPSA) is 89.8 Å². The van der Waals surface area contributed by atoms with Crippen molar-refractivity contribution in [3.05, 3.63) is 24.8 Å². The zero-order valence-electron chi connectivity index (χ0n) is 9.57. The average Bonchev–Trinajstić information content (AvgIpc) is 2.33. The van der Waals surface area contributed by atoms with E-state index >= 15 is 0 Å². The molecule has 1 aromatic carbocycles. The summed E-state index contributed by atoms with van der Waals surface area (Å²) in [5.74, 6) is -0.638. The third-order valence-electron chi connectivity index (χ3n) is 2.39. The van der Waals surface area contributed by atoms with Gasteiger partial charge in [0.05, 0.1) is 27.9 Å². The van der Waals surface area contributed by atoms with Crippen LogP contribution in [0.3, 0.4) is 0 Å². The quantitative estimate of drug-likeness (QED) is 0.489. The number of benzene rings is 1. The summed E-state index contributed by atoms with van der Waals surface area (Å²) in [6.45, 7) is 0.731. The maximum Gasteiger partial charge on any atom is 0.255 e. The smallest absolute Gasteiger partial charge is 0.255 e. The number of aliphatic hydroxyl groups is 2. The fourth-order valence-electron chi connectivity index (χ4n) is 1.21. The number of aromatic hydroxyl groups is 1. The van der Waals surface area contributed by atoms with Crippen LogP contribution in [0.4, 0.5) is 0 Å². The van der Waals surface area contributed by atoms with Crippen molar-refractivity contribution in [3.63, 3.8) is 0 Å². The number of amides is 1. The molecular weight excluding hydrogens is 464 g/mol. The monoisotopic (exact) mass is 477 g/mol. The number of phenols is 1. The lowest BCUT2D eigenvalue weighted by molar-refractivity contribution is 0.0721. The number of halogens is 2. The first kappa shape index (κ1) is 15.9. The molecule has 7 heteroatoms. The van der Waals surface area contributed by atoms with Crippen LogP contribution in [0.5, 0.6) is 5.75 Å². The summed E-state index contributed by atoms with van der Waals surface area (Å²) >= 11 is 3.97. The van der Waals surface area contributed by atoms with Crippen molar-refractivity contribution in [1.82, 2.24) is 5.32 Å². The molecule has 100 valence electrons. The first-order valence-electron chi connectivity index (χ1n) is 5.05. The van der Waals surface area contributed by atoms with Gasteiger partial charge in [0.1, 0.15) is 5.75 Å². The van der Waals surface area contributed by atoms with Crippen molar-refractivity contribution in [2.24, 2.45) is 0 Å². The molecule has 5 nitrogen and oxygen atoms in total. The van der Waals surface area contributed by atoms with Crippen LogP contribution in [-0.2, 0) is 0 Å². The molecule has 4 N–H and O–H groups in total. The van der Waals surface area contributed by atoms with Gasteiger partial charge in [-0.15, -0.1) is 0 Å². The van der Waals surface area contributed by atoms with Gasteiger partial charge in [-0.05, 0) is 64.2 Å². The molecular formula is C11H13I2NO4. The van der Waals surface area contributed by atoms with Gasteiger partial charge < -0.3 is 20.6 Å². The Balaban J connectivity index is 3.05. The Bertz CT molecular complexity index is 461. The van der Waals surface area contributed by atoms with Crippen molar-refractivity contribution in [2.75, 3.05) is 13.2 Å². The Kier molecular flexibility index (Phi) is 5.62. The molecule has 0 fully saturated rings. The van der Waals surface area contributed by atoms with Crippen LogP contribution in [-0.4, -0.2) is 40.0 Å². The van der Waals surface area contributed by atoms with Crippen molar-refractivity contribution in [2.45, 2.75) is 12.5 Å². The van der Waals surface area contributed by atoms with Crippen LogP contribution in [0, 0.1) is 7.14 Å². The number of carbonyl (C=O) groups is 1. The van der Waals surface area contributed by atoms with Crippen molar-refractivity contribution < 1.29 is 20.1 Å². The second-order valence-electron chi connectivity index (χ2n) is 4.11. The molecule has 1 aromatic rings. The predicted octanol–water partition coefficient (Wildman–Crippen LogP) is 1.07. The highest BCUT2D eigenvalue weighted by Crippen LogP contribution is 2.27. The van der Waals surface area contributed by atoms with Crippen molar-refractivity contribution >= 4 is 51.1 Å². The number of hydrogen-bond donors (Lipinski definition) is 4. The highest BCUT2D eigenvalue weighted by atomic mass is 127. The van der Waals surface area contributed by atoms with E-state index in [2.05, 4.69) is 5.32 Å². The normalized spacial score (nSPS) is 11.4. The third kappa shape index (κ3) is 3.68. The molecule has 1 amide bonds. The first-order valence-corrected chi connectivity index (χ1v) is 7.21. The molecule has 0 radical (unpaired) electrons. The summed E-state index contributed by atoms with van der Waals surface area (Å²) in [7, 11) is 0. The Morgan fingerprint density at radius 1 is 1.33 bits per heavy atom. The molecule has 0 unspecified atom stereocenters. The summed E-state index contributed by atoms with van der Waals surface area (Å²) in [6, 6.07) is 3.28. The minimum absolute atomic E-state index is 0.105. The molecule has 0 aliphatic heterocycles. The van der Waals surface area contributed by atoms with E-state index in [0.717, 1.165) is 3.57 Å². The SMILES string of the molecule is CC(CO)(CO)NC(=O)c1cc(I)cc(I)c1O. The van der Waals surface area contributed by atoms with Gasteiger partial charge in [0.25, 0.3) is 5.91 Å². The minimum atomic E-state index is -1.11. The second kappa shape index (κ2) is 6.35. The van der Waals surface area contributed by atoms with Crippen LogP contribution in [0.25, 0.3) is 0 Å². The number of nitrogens with one attached hydrogen (secondary N) is 1. The van der Waals surface area contributed by atoms with E-state index < -0.39 is 24.7 Å². The number of hydrogen-bond acceptors (Lipinski definition) is 4. The van der Waals surface area contributed by atoms with Gasteiger partial charge in [-0.1, -0.05) is 0 Å². The summed E-state index contributed by atoms with van der Waals surface area (Å²) < 4.78 is 1.38. The molecule has 0 aromatic heterocycles. The maximum atomic E-state index is 12.0. The standard InChI is InChI=1S/C11H13I2NO4/c1-11(4-15,5-16)14-10(18)7-2-6(12)3-8(13)9(7)17/h2-3,15-17H,4-5H2,1H3,(H,14,18). The van der Waals surface area contributed by atoms with E-state index in [4.69, 9.17) is 10.2 Å². The van der Waals surface area contributed by atoms with Crippen LogP contribution in [0.1, 0.15) is 17.3 Å². The molecule has 0 bridgehead atoms. The highest BCUT2D eigenvalue weighted by molar-refractivity contribution is 14.1. The molecule has 0 spiro atoms. The average molecular weight is 477 g/mol. The summed E-state index contributed by atoms with van der Waals surface area (Å²) in [6.07, 6.45) is 0. The molecule has 0 atom stereocenters. The van der Waals surface area contributed by atoms with Crippen LogP contribution < -0.4 is 5.32 Å². The third-order valence-corrected chi connectivity index (χ3v) is 3.83. The fraction of sp³-hybridized carbons (Fsp3) is 0.364. The van der Waals surface area contributed by atoms with Gasteiger partial charge in [0, 0.05) is 3.57 Å². The van der Waals surface area contributed by atoms with E-state index in [1.165, 1.54) is 6.92 Å². The van der Waals surface area contributed by atoms with Gasteiger partial charge in [-0.3, -0.25) is 4.79 Å². The first-order chi connectivity index (χ1) is 8.33. The van der Waals surface area contributed by atoms with Gasteiger partial charge in [-0.25, -0.2) is 0 Å². The summed E-state index contributed by atoms with van der Waals surface area (Å²) in [5.41, 5.74) is -0.990. The zero-order valence-corrected chi connectivity index (χ0v) is 13.9. The van der Waals surface area contributed by atoms with E-state index in [0.29, 0.717) is 3.57 Å². The molecule has 0 aliphatic rings. The molecule has 0 saturated heterocycles. The number of aliphatic hydroxyl groups excluding tert-OH is 2. The van der Waals surface area contributed by atoms with Gasteiger partial charge in [0.15, 0.2) is 0 Å². The van der Waals surface area contributed by atoms with Crippen LogP contribution in [0.15, 0.2) is 12.1 Å². The van der Waals surface area contributed by atoms with Gasteiger partial charge in [-0.2, -0.15) is 0 Å². The van der Waals surface area contributed by atoms with Gasteiger partial charge >= 0.3 is 0 Å². The lowest BCUT2D eigenvalue weighted by Crippen LogP contribution is -2.51. The maximum absolute atomic E-state index is 12.0. The van der Waals surface area contributed by atoms with Crippen LogP contribution >= 0.6 is 45.2 Å². The lowest BCUT2D eigenvalue weighted by atomic mass is 10.0. The Morgan fingerprint density at radius 2 is 1.89 bits per heavy atom. The predicted molar refractivity (Wildman–Crippen MR) is 83.6 cm³/mol. The molecule has 0 heterocycles. The summed E-state index contributed by atoms with van der Waals surface area (Å²) in [5, 5.41) is 30.6. The van der Waals surface area contributed by atoms with Crippen molar-refractivity contribution in [1.29, 1.82) is 0 Å². The Labute approximate surface area is 132 Å². The van der Waals surface area contributed by atoms with E-state index in [9.17, 15) is 9.90 Å². The second-order valence-corrected chi connectivity index (χ2v) is 6.52. The van der Waals surface area contributed by atoms with E-state index in [1.54, 1.807) is 12.1 Å². The minimum Gasteiger partial charge on any atom is -0.506 e. The molecule has 18 heavy (non-hydrogen) atoms. The number of carbonyl (C=O) groups excluding carboxylic acids is 1. The van der Waals surface area contributed by atoms with E-state index in [-0.39, 0.29) is 11.3 Å². The highest BCUT2D eigenvalue weighted by Gasteiger charge is 2.26. The molecule has 1 rings (SSSR count). The molecule has 0 saturated carbocycles. The van der Waals surface area contributed by atoms with Crippen molar-refractivity contribution in [3.8, 4) is 5.75 Å². The largest absolute Gasteiger partial charge is 0.506 e. The Hall–Kier alpha value is -0.130.